The van der Waals surface area contributed by atoms with E-state index in [0.29, 0.717) is 6.42 Å². The summed E-state index contributed by atoms with van der Waals surface area (Å²) in [6.45, 7) is 3.88. The van der Waals surface area contributed by atoms with Gasteiger partial charge in [0.05, 0.1) is 6.07 Å². The average Bonchev–Trinajstić information content (AvgIpc) is 2.27. The molecule has 0 aliphatic rings. The average molecular weight is 216 g/mol. The van der Waals surface area contributed by atoms with Crippen molar-refractivity contribution in [2.24, 2.45) is 0 Å². The summed E-state index contributed by atoms with van der Waals surface area (Å²) in [5.74, 6) is -0.0719. The Hall–Kier alpha value is -1.82. The number of nitriles is 1. The third-order valence-corrected chi connectivity index (χ3v) is 2.41. The lowest BCUT2D eigenvalue weighted by Crippen LogP contribution is -2.27. The molecule has 1 aromatic rings. The van der Waals surface area contributed by atoms with Gasteiger partial charge < -0.3 is 5.32 Å². The van der Waals surface area contributed by atoms with Gasteiger partial charge in [0.15, 0.2) is 0 Å². The van der Waals surface area contributed by atoms with Crippen molar-refractivity contribution >= 4 is 5.91 Å². The second-order valence-corrected chi connectivity index (χ2v) is 3.74. The molecule has 0 fully saturated rings. The Bertz CT molecular complexity index is 407. The van der Waals surface area contributed by atoms with Crippen molar-refractivity contribution in [2.45, 2.75) is 32.7 Å². The third-order valence-electron chi connectivity index (χ3n) is 2.41. The summed E-state index contributed by atoms with van der Waals surface area (Å²) in [5.41, 5.74) is 1.89. The van der Waals surface area contributed by atoms with Crippen molar-refractivity contribution in [1.82, 2.24) is 5.32 Å². The Morgan fingerprint density at radius 2 is 2.19 bits per heavy atom. The molecular weight excluding hydrogens is 200 g/mol. The van der Waals surface area contributed by atoms with Crippen LogP contribution < -0.4 is 5.32 Å². The summed E-state index contributed by atoms with van der Waals surface area (Å²) < 4.78 is 0. The van der Waals surface area contributed by atoms with Crippen LogP contribution in [-0.2, 0) is 4.79 Å². The van der Waals surface area contributed by atoms with Crippen LogP contribution >= 0.6 is 0 Å². The van der Waals surface area contributed by atoms with Crippen LogP contribution in [0.4, 0.5) is 0 Å². The summed E-state index contributed by atoms with van der Waals surface area (Å²) in [4.78, 5) is 11.4. The lowest BCUT2D eigenvalue weighted by molar-refractivity contribution is -0.121. The highest BCUT2D eigenvalue weighted by Gasteiger charge is 2.14. The van der Waals surface area contributed by atoms with E-state index in [-0.39, 0.29) is 5.91 Å². The number of aryl methyl sites for hydroxylation is 1. The van der Waals surface area contributed by atoms with Crippen LogP contribution in [0, 0.1) is 18.3 Å². The van der Waals surface area contributed by atoms with Gasteiger partial charge in [-0.25, -0.2) is 0 Å². The summed E-state index contributed by atoms with van der Waals surface area (Å²) >= 11 is 0. The van der Waals surface area contributed by atoms with E-state index in [0.717, 1.165) is 17.5 Å². The number of nitrogens with one attached hydrogen (secondary N) is 1. The largest absolute Gasteiger partial charge is 0.337 e. The highest BCUT2D eigenvalue weighted by Crippen LogP contribution is 2.16. The smallest absolute Gasteiger partial charge is 0.221 e. The Balaban J connectivity index is 2.80. The number of amides is 1. The summed E-state index contributed by atoms with van der Waals surface area (Å²) in [6.07, 6.45) is 1.25. The van der Waals surface area contributed by atoms with Crippen molar-refractivity contribution < 1.29 is 4.79 Å². The number of hydrogen-bond donors (Lipinski definition) is 1. The van der Waals surface area contributed by atoms with E-state index in [9.17, 15) is 4.79 Å². The molecule has 3 nitrogen and oxygen atoms in total. The van der Waals surface area contributed by atoms with Gasteiger partial charge in [-0.15, -0.1) is 0 Å². The quantitative estimate of drug-likeness (QED) is 0.840. The molecule has 0 aliphatic carbocycles. The molecule has 1 unspecified atom stereocenters. The molecule has 0 bridgehead atoms. The van der Waals surface area contributed by atoms with E-state index in [2.05, 4.69) is 11.4 Å². The molecule has 0 radical (unpaired) electrons. The maximum atomic E-state index is 11.4. The molecule has 84 valence electrons. The molecule has 0 heterocycles. The van der Waals surface area contributed by atoms with Crippen LogP contribution in [0.3, 0.4) is 0 Å². The minimum atomic E-state index is -0.541. The fourth-order valence-electron chi connectivity index (χ4n) is 1.55. The van der Waals surface area contributed by atoms with Gasteiger partial charge in [0.2, 0.25) is 5.91 Å². The Morgan fingerprint density at radius 1 is 1.50 bits per heavy atom. The maximum absolute atomic E-state index is 11.4. The van der Waals surface area contributed by atoms with E-state index >= 15 is 0 Å². The first kappa shape index (κ1) is 12.3. The molecule has 0 spiro atoms. The monoisotopic (exact) mass is 216 g/mol. The van der Waals surface area contributed by atoms with Gasteiger partial charge in [0.1, 0.15) is 6.04 Å². The molecule has 0 saturated heterocycles. The van der Waals surface area contributed by atoms with Crippen LogP contribution in [-0.4, -0.2) is 5.91 Å². The van der Waals surface area contributed by atoms with E-state index in [1.54, 1.807) is 0 Å². The van der Waals surface area contributed by atoms with Crippen molar-refractivity contribution in [3.05, 3.63) is 35.4 Å². The minimum absolute atomic E-state index is 0.0719. The number of hydrogen-bond acceptors (Lipinski definition) is 2. The predicted molar refractivity (Wildman–Crippen MR) is 62.6 cm³/mol. The third kappa shape index (κ3) is 3.09. The van der Waals surface area contributed by atoms with Gasteiger partial charge in [-0.3, -0.25) is 4.79 Å². The molecular formula is C13H16N2O. The van der Waals surface area contributed by atoms with Crippen LogP contribution in [0.5, 0.6) is 0 Å². The summed E-state index contributed by atoms with van der Waals surface area (Å²) in [6, 6.07) is 9.17. The molecule has 1 atom stereocenters. The van der Waals surface area contributed by atoms with Crippen LogP contribution in [0.1, 0.15) is 36.9 Å². The first-order valence-electron chi connectivity index (χ1n) is 5.43. The molecule has 1 N–H and O–H groups in total. The molecule has 1 aromatic carbocycles. The van der Waals surface area contributed by atoms with Crippen molar-refractivity contribution in [1.29, 1.82) is 5.26 Å². The molecule has 1 rings (SSSR count). The minimum Gasteiger partial charge on any atom is -0.337 e. The predicted octanol–water partition coefficient (Wildman–Crippen LogP) is 2.48. The molecule has 0 aromatic heterocycles. The van der Waals surface area contributed by atoms with Gasteiger partial charge in [-0.2, -0.15) is 5.26 Å². The fourth-order valence-corrected chi connectivity index (χ4v) is 1.55. The molecule has 0 saturated carbocycles. The van der Waals surface area contributed by atoms with Gasteiger partial charge in [0, 0.05) is 6.42 Å². The van der Waals surface area contributed by atoms with Crippen LogP contribution in [0.2, 0.25) is 0 Å². The number of carbonyl (C=O) groups is 1. The Labute approximate surface area is 96.1 Å². The van der Waals surface area contributed by atoms with Crippen molar-refractivity contribution in [3.8, 4) is 6.07 Å². The van der Waals surface area contributed by atoms with E-state index in [1.165, 1.54) is 0 Å². The number of carbonyl (C=O) groups excluding carboxylic acids is 1. The zero-order chi connectivity index (χ0) is 12.0. The van der Waals surface area contributed by atoms with Gasteiger partial charge >= 0.3 is 0 Å². The van der Waals surface area contributed by atoms with Gasteiger partial charge in [-0.05, 0) is 24.5 Å². The zero-order valence-electron chi connectivity index (χ0n) is 9.66. The van der Waals surface area contributed by atoms with E-state index < -0.39 is 6.04 Å². The molecule has 3 heteroatoms. The molecule has 1 amide bonds. The maximum Gasteiger partial charge on any atom is 0.221 e. The second-order valence-electron chi connectivity index (χ2n) is 3.74. The molecule has 0 aliphatic heterocycles. The highest BCUT2D eigenvalue weighted by molar-refractivity contribution is 5.76. The summed E-state index contributed by atoms with van der Waals surface area (Å²) in [7, 11) is 0. The Kier molecular flexibility index (Phi) is 4.53. The lowest BCUT2D eigenvalue weighted by Gasteiger charge is -2.13. The molecule has 16 heavy (non-hydrogen) atoms. The lowest BCUT2D eigenvalue weighted by atomic mass is 10.0. The van der Waals surface area contributed by atoms with Crippen LogP contribution in [0.25, 0.3) is 0 Å². The number of nitrogens with zero attached hydrogens (tertiary/aromatic N) is 1. The van der Waals surface area contributed by atoms with Crippen molar-refractivity contribution in [2.75, 3.05) is 0 Å². The van der Waals surface area contributed by atoms with E-state index in [4.69, 9.17) is 5.26 Å². The normalized spacial score (nSPS) is 11.6. The summed E-state index contributed by atoms with van der Waals surface area (Å²) in [5, 5.41) is 11.8. The van der Waals surface area contributed by atoms with Crippen molar-refractivity contribution in [3.63, 3.8) is 0 Å². The second kappa shape index (κ2) is 5.92. The zero-order valence-corrected chi connectivity index (χ0v) is 9.66. The first-order chi connectivity index (χ1) is 7.69. The van der Waals surface area contributed by atoms with Gasteiger partial charge in [-0.1, -0.05) is 31.2 Å². The first-order valence-corrected chi connectivity index (χ1v) is 5.43. The number of benzene rings is 1. The standard InChI is InChI=1S/C13H16N2O/c1-3-6-13(16)15-12(9-14)11-8-5-4-7-10(11)2/h4-5,7-8,12H,3,6H2,1-2H3,(H,15,16). The fraction of sp³-hybridized carbons (Fsp3) is 0.385. The van der Waals surface area contributed by atoms with E-state index in [1.807, 2.05) is 38.1 Å². The van der Waals surface area contributed by atoms with Gasteiger partial charge in [0.25, 0.3) is 0 Å². The highest BCUT2D eigenvalue weighted by atomic mass is 16.1. The number of rotatable bonds is 4. The SMILES string of the molecule is CCCC(=O)NC(C#N)c1ccccc1C. The van der Waals surface area contributed by atoms with Crippen LogP contribution in [0.15, 0.2) is 24.3 Å². The Morgan fingerprint density at radius 3 is 2.75 bits per heavy atom. The topological polar surface area (TPSA) is 52.9 Å².